The van der Waals surface area contributed by atoms with Gasteiger partial charge >= 0.3 is 5.91 Å². The number of hydrogen-bond donors (Lipinski definition) is 0. The zero-order chi connectivity index (χ0) is 7.49. The number of carbonyl (C=O) groups excluding carboxylic acids is 1. The summed E-state index contributed by atoms with van der Waals surface area (Å²) >= 11 is 0. The van der Waals surface area contributed by atoms with Crippen LogP contribution in [0.3, 0.4) is 0 Å². The van der Waals surface area contributed by atoms with E-state index in [1.807, 2.05) is 6.07 Å². The Hall–Kier alpha value is -0.880. The molecule has 0 aliphatic carbocycles. The number of amides is 1. The highest BCUT2D eigenvalue weighted by atomic mass is 16.2. The maximum atomic E-state index is 10.7. The SMILES string of the molecule is CC(=O)[N+](C)(C)CC#N. The molecule has 0 spiro atoms. The highest BCUT2D eigenvalue weighted by Crippen LogP contribution is 1.94. The summed E-state index contributed by atoms with van der Waals surface area (Å²) in [7, 11) is 3.43. The molecule has 0 fully saturated rings. The molecule has 0 radical (unpaired) electrons. The first kappa shape index (κ1) is 8.12. The third-order valence-corrected chi connectivity index (χ3v) is 1.32. The van der Waals surface area contributed by atoms with Gasteiger partial charge in [0, 0.05) is 0 Å². The molecule has 0 aromatic heterocycles. The second kappa shape index (κ2) is 2.60. The molecular weight excluding hydrogens is 116 g/mol. The Morgan fingerprint density at radius 1 is 1.67 bits per heavy atom. The molecule has 0 N–H and O–H groups in total. The molecule has 0 aromatic carbocycles. The lowest BCUT2D eigenvalue weighted by Gasteiger charge is -2.20. The van der Waals surface area contributed by atoms with E-state index in [0.29, 0.717) is 0 Å². The zero-order valence-corrected chi connectivity index (χ0v) is 6.01. The van der Waals surface area contributed by atoms with E-state index in [4.69, 9.17) is 5.26 Å². The molecule has 0 saturated carbocycles. The second-order valence-corrected chi connectivity index (χ2v) is 2.52. The van der Waals surface area contributed by atoms with Crippen LogP contribution in [-0.2, 0) is 4.79 Å². The number of carbonyl (C=O) groups is 1. The van der Waals surface area contributed by atoms with Gasteiger partial charge in [0.2, 0.25) is 0 Å². The fourth-order valence-corrected chi connectivity index (χ4v) is 0.288. The maximum Gasteiger partial charge on any atom is 0.311 e. The summed E-state index contributed by atoms with van der Waals surface area (Å²) in [5.74, 6) is 0.0107. The van der Waals surface area contributed by atoms with Gasteiger partial charge in [-0.1, -0.05) is 0 Å². The minimum atomic E-state index is 0.0107. The lowest BCUT2D eigenvalue weighted by Crippen LogP contribution is -2.43. The van der Waals surface area contributed by atoms with Crippen LogP contribution in [0.1, 0.15) is 6.92 Å². The van der Waals surface area contributed by atoms with Gasteiger partial charge < -0.3 is 0 Å². The summed E-state index contributed by atoms with van der Waals surface area (Å²) in [6.07, 6.45) is 0. The topological polar surface area (TPSA) is 40.9 Å². The zero-order valence-electron chi connectivity index (χ0n) is 6.01. The summed E-state index contributed by atoms with van der Waals surface area (Å²) in [6, 6.07) is 1.94. The Balaban J connectivity index is 4.06. The van der Waals surface area contributed by atoms with Crippen molar-refractivity contribution < 1.29 is 9.28 Å². The Labute approximate surface area is 55.1 Å². The maximum absolute atomic E-state index is 10.7. The normalized spacial score (nSPS) is 10.4. The van der Waals surface area contributed by atoms with Crippen LogP contribution in [0.4, 0.5) is 0 Å². The van der Waals surface area contributed by atoms with Crippen LogP contribution in [0.2, 0.25) is 0 Å². The van der Waals surface area contributed by atoms with E-state index < -0.39 is 0 Å². The first-order valence-electron chi connectivity index (χ1n) is 2.72. The Kier molecular flexibility index (Phi) is 2.35. The van der Waals surface area contributed by atoms with Crippen molar-refractivity contribution in [2.75, 3.05) is 20.6 Å². The van der Waals surface area contributed by atoms with E-state index in [1.165, 1.54) is 6.92 Å². The third kappa shape index (κ3) is 2.24. The predicted octanol–water partition coefficient (Wildman–Crippen LogP) is 0.133. The summed E-state index contributed by atoms with van der Waals surface area (Å²) < 4.78 is 0.149. The molecule has 0 heterocycles. The quantitative estimate of drug-likeness (QED) is 0.371. The number of quaternary nitrogens is 1. The van der Waals surface area contributed by atoms with Gasteiger partial charge in [0.1, 0.15) is 6.07 Å². The fourth-order valence-electron chi connectivity index (χ4n) is 0.288. The van der Waals surface area contributed by atoms with Gasteiger partial charge in [-0.15, -0.1) is 0 Å². The van der Waals surface area contributed by atoms with Crippen LogP contribution in [0.15, 0.2) is 0 Å². The van der Waals surface area contributed by atoms with Crippen molar-refractivity contribution in [2.45, 2.75) is 6.92 Å². The van der Waals surface area contributed by atoms with E-state index in [-0.39, 0.29) is 16.9 Å². The Morgan fingerprint density at radius 3 is 2.22 bits per heavy atom. The molecule has 0 atom stereocenters. The average molecular weight is 127 g/mol. The predicted molar refractivity (Wildman–Crippen MR) is 33.3 cm³/mol. The minimum absolute atomic E-state index is 0.0107. The molecular formula is C6H11N2O+. The van der Waals surface area contributed by atoms with Gasteiger partial charge in [0.05, 0.1) is 21.0 Å². The number of rotatable bonds is 1. The summed E-state index contributed by atoms with van der Waals surface area (Å²) in [5.41, 5.74) is 0. The van der Waals surface area contributed by atoms with Crippen molar-refractivity contribution in [1.82, 2.24) is 0 Å². The molecule has 0 aromatic rings. The Morgan fingerprint density at radius 2 is 2.11 bits per heavy atom. The van der Waals surface area contributed by atoms with Crippen molar-refractivity contribution in [3.05, 3.63) is 0 Å². The van der Waals surface area contributed by atoms with Crippen LogP contribution in [0.25, 0.3) is 0 Å². The Bertz CT molecular complexity index is 155. The molecule has 0 bridgehead atoms. The number of nitriles is 1. The van der Waals surface area contributed by atoms with Crippen molar-refractivity contribution >= 4 is 5.91 Å². The molecule has 0 unspecified atom stereocenters. The monoisotopic (exact) mass is 127 g/mol. The molecule has 0 rings (SSSR count). The van der Waals surface area contributed by atoms with Gasteiger partial charge in [-0.25, -0.2) is 4.79 Å². The van der Waals surface area contributed by atoms with Gasteiger partial charge in [0.25, 0.3) is 0 Å². The summed E-state index contributed by atoms with van der Waals surface area (Å²) in [6.45, 7) is 1.73. The first-order chi connectivity index (χ1) is 4.00. The summed E-state index contributed by atoms with van der Waals surface area (Å²) in [4.78, 5) is 10.7. The lowest BCUT2D eigenvalue weighted by atomic mass is 10.4. The van der Waals surface area contributed by atoms with Gasteiger partial charge in [-0.3, -0.25) is 4.48 Å². The molecule has 1 amide bonds. The molecule has 9 heavy (non-hydrogen) atoms. The first-order valence-corrected chi connectivity index (χ1v) is 2.72. The average Bonchev–Trinajstić information content (AvgIpc) is 1.65. The van der Waals surface area contributed by atoms with Crippen molar-refractivity contribution in [2.24, 2.45) is 0 Å². The fraction of sp³-hybridized carbons (Fsp3) is 0.667. The molecule has 0 aliphatic rings. The van der Waals surface area contributed by atoms with Gasteiger partial charge in [0.15, 0.2) is 6.54 Å². The third-order valence-electron chi connectivity index (χ3n) is 1.32. The largest absolute Gasteiger partial charge is 0.311 e. The van der Waals surface area contributed by atoms with E-state index in [1.54, 1.807) is 14.1 Å². The minimum Gasteiger partial charge on any atom is -0.254 e. The van der Waals surface area contributed by atoms with E-state index >= 15 is 0 Å². The van der Waals surface area contributed by atoms with E-state index in [0.717, 1.165) is 0 Å². The van der Waals surface area contributed by atoms with Gasteiger partial charge in [-0.2, -0.15) is 5.26 Å². The standard InChI is InChI=1S/C6H11N2O/c1-6(9)8(2,3)5-4-7/h5H2,1-3H3/q+1. The van der Waals surface area contributed by atoms with Crippen LogP contribution >= 0.6 is 0 Å². The molecule has 0 saturated heterocycles. The highest BCUT2D eigenvalue weighted by molar-refractivity contribution is 5.65. The molecule has 3 nitrogen and oxygen atoms in total. The van der Waals surface area contributed by atoms with Crippen molar-refractivity contribution in [3.8, 4) is 6.07 Å². The smallest absolute Gasteiger partial charge is 0.254 e. The van der Waals surface area contributed by atoms with Crippen molar-refractivity contribution in [1.29, 1.82) is 5.26 Å². The number of nitrogens with zero attached hydrogens (tertiary/aromatic N) is 2. The van der Waals surface area contributed by atoms with Crippen molar-refractivity contribution in [3.63, 3.8) is 0 Å². The molecule has 3 heteroatoms. The van der Waals surface area contributed by atoms with E-state index in [9.17, 15) is 4.79 Å². The lowest BCUT2D eigenvalue weighted by molar-refractivity contribution is -0.805. The second-order valence-electron chi connectivity index (χ2n) is 2.52. The van der Waals surface area contributed by atoms with Crippen LogP contribution in [-0.4, -0.2) is 31.0 Å². The van der Waals surface area contributed by atoms with E-state index in [2.05, 4.69) is 0 Å². The van der Waals surface area contributed by atoms with Crippen LogP contribution in [0, 0.1) is 11.3 Å². The highest BCUT2D eigenvalue weighted by Gasteiger charge is 2.19. The molecule has 50 valence electrons. The van der Waals surface area contributed by atoms with Crippen LogP contribution in [0.5, 0.6) is 0 Å². The molecule has 0 aliphatic heterocycles. The number of hydrogen-bond acceptors (Lipinski definition) is 2. The van der Waals surface area contributed by atoms with Gasteiger partial charge in [-0.05, 0) is 0 Å². The van der Waals surface area contributed by atoms with Crippen LogP contribution < -0.4 is 0 Å². The summed E-state index contributed by atoms with van der Waals surface area (Å²) in [5, 5.41) is 8.23.